The van der Waals surface area contributed by atoms with Gasteiger partial charge >= 0.3 is 12.0 Å². The quantitative estimate of drug-likeness (QED) is 0.682. The molecule has 0 bridgehead atoms. The van der Waals surface area contributed by atoms with Crippen molar-refractivity contribution >= 4 is 17.9 Å². The first kappa shape index (κ1) is 18.6. The Bertz CT molecular complexity index is 642. The van der Waals surface area contributed by atoms with E-state index in [-0.39, 0.29) is 12.5 Å². The Morgan fingerprint density at radius 3 is 2.48 bits per heavy atom. The van der Waals surface area contributed by atoms with Crippen LogP contribution in [0.3, 0.4) is 0 Å². The Morgan fingerprint density at radius 2 is 1.84 bits per heavy atom. The molecule has 8 heteroatoms. The predicted octanol–water partition coefficient (Wildman–Crippen LogP) is 1.17. The zero-order valence-electron chi connectivity index (χ0n) is 14.3. The molecule has 1 saturated carbocycles. The Balaban J connectivity index is 1.69. The van der Waals surface area contributed by atoms with Crippen molar-refractivity contribution in [1.29, 1.82) is 0 Å². The number of rotatable bonds is 8. The summed E-state index contributed by atoms with van der Waals surface area (Å²) in [6.45, 7) is -0.483. The fraction of sp³-hybridized carbons (Fsp3) is 0.471. The number of urea groups is 1. The summed E-state index contributed by atoms with van der Waals surface area (Å²) in [5.41, 5.74) is 0.878. The number of esters is 1. The molecule has 1 fully saturated rings. The third-order valence-corrected chi connectivity index (χ3v) is 3.60. The summed E-state index contributed by atoms with van der Waals surface area (Å²) in [7, 11) is 3.08. The van der Waals surface area contributed by atoms with E-state index in [1.807, 2.05) is 6.07 Å². The highest BCUT2D eigenvalue weighted by atomic mass is 16.5. The molecule has 0 atom stereocenters. The van der Waals surface area contributed by atoms with Gasteiger partial charge < -0.3 is 19.5 Å². The van der Waals surface area contributed by atoms with E-state index in [0.29, 0.717) is 17.9 Å². The Labute approximate surface area is 145 Å². The number of carbonyl (C=O) groups excluding carboxylic acids is 3. The van der Waals surface area contributed by atoms with E-state index in [1.54, 1.807) is 19.2 Å². The molecule has 0 unspecified atom stereocenters. The number of hydrogen-bond donors (Lipinski definition) is 2. The maximum absolute atomic E-state index is 11.7. The van der Waals surface area contributed by atoms with Crippen LogP contribution in [0.2, 0.25) is 0 Å². The first-order valence-corrected chi connectivity index (χ1v) is 7.98. The molecule has 0 radical (unpaired) electrons. The van der Waals surface area contributed by atoms with E-state index in [1.165, 1.54) is 7.11 Å². The number of hydrogen-bond acceptors (Lipinski definition) is 6. The van der Waals surface area contributed by atoms with Crippen LogP contribution in [-0.4, -0.2) is 44.8 Å². The molecule has 1 aliphatic carbocycles. The third-order valence-electron chi connectivity index (χ3n) is 3.60. The molecule has 0 spiro atoms. The smallest absolute Gasteiger partial charge is 0.321 e. The van der Waals surface area contributed by atoms with Crippen LogP contribution in [0, 0.1) is 0 Å². The van der Waals surface area contributed by atoms with Gasteiger partial charge in [-0.2, -0.15) is 0 Å². The van der Waals surface area contributed by atoms with Crippen LogP contribution >= 0.6 is 0 Å². The van der Waals surface area contributed by atoms with Crippen molar-refractivity contribution < 1.29 is 28.6 Å². The molecule has 2 N–H and O–H groups in total. The summed E-state index contributed by atoms with van der Waals surface area (Å²) in [6.07, 6.45) is 2.39. The van der Waals surface area contributed by atoms with Gasteiger partial charge in [0.2, 0.25) is 0 Å². The van der Waals surface area contributed by atoms with Gasteiger partial charge in [-0.05, 0) is 37.0 Å². The molecule has 0 saturated heterocycles. The van der Waals surface area contributed by atoms with E-state index in [0.717, 1.165) is 18.4 Å². The van der Waals surface area contributed by atoms with Crippen LogP contribution in [0.25, 0.3) is 0 Å². The second-order valence-electron chi connectivity index (χ2n) is 5.65. The van der Waals surface area contributed by atoms with Gasteiger partial charge in [0.25, 0.3) is 5.91 Å². The fourth-order valence-electron chi connectivity index (χ4n) is 2.11. The van der Waals surface area contributed by atoms with Gasteiger partial charge in [-0.25, -0.2) is 4.79 Å². The van der Waals surface area contributed by atoms with E-state index >= 15 is 0 Å². The standard InChI is InChI=1S/C17H22N2O6/c1-23-13-7-3-11(9-14(13)24-2)4-8-16(21)25-10-15(20)19-17(22)18-12-5-6-12/h3,7,9,12H,4-6,8,10H2,1-2H3,(H2,18,19,20,22). The van der Waals surface area contributed by atoms with Crippen molar-refractivity contribution in [3.05, 3.63) is 23.8 Å². The van der Waals surface area contributed by atoms with Gasteiger partial charge in [-0.15, -0.1) is 0 Å². The molecule has 1 aromatic carbocycles. The molecule has 0 aliphatic heterocycles. The normalized spacial score (nSPS) is 12.9. The number of amides is 3. The van der Waals surface area contributed by atoms with Crippen LogP contribution in [0.4, 0.5) is 4.79 Å². The topological polar surface area (TPSA) is 103 Å². The average molecular weight is 350 g/mol. The number of imide groups is 1. The highest BCUT2D eigenvalue weighted by molar-refractivity contribution is 5.95. The lowest BCUT2D eigenvalue weighted by Gasteiger charge is -2.09. The predicted molar refractivity (Wildman–Crippen MR) is 88.5 cm³/mol. The lowest BCUT2D eigenvalue weighted by Crippen LogP contribution is -2.42. The molecule has 2 rings (SSSR count). The second kappa shape index (κ2) is 8.91. The minimum absolute atomic E-state index is 0.108. The monoisotopic (exact) mass is 350 g/mol. The molecule has 1 aromatic rings. The van der Waals surface area contributed by atoms with Crippen LogP contribution in [-0.2, 0) is 20.7 Å². The van der Waals surface area contributed by atoms with Crippen molar-refractivity contribution in [2.45, 2.75) is 31.7 Å². The Kier molecular flexibility index (Phi) is 6.62. The van der Waals surface area contributed by atoms with Crippen LogP contribution in [0.5, 0.6) is 11.5 Å². The van der Waals surface area contributed by atoms with Crippen molar-refractivity contribution in [2.75, 3.05) is 20.8 Å². The van der Waals surface area contributed by atoms with Crippen molar-refractivity contribution in [1.82, 2.24) is 10.6 Å². The molecule has 25 heavy (non-hydrogen) atoms. The van der Waals surface area contributed by atoms with Gasteiger partial charge in [0.05, 0.1) is 14.2 Å². The highest BCUT2D eigenvalue weighted by Gasteiger charge is 2.24. The second-order valence-corrected chi connectivity index (χ2v) is 5.65. The molecule has 0 heterocycles. The fourth-order valence-corrected chi connectivity index (χ4v) is 2.11. The molecular formula is C17H22N2O6. The highest BCUT2D eigenvalue weighted by Crippen LogP contribution is 2.27. The maximum atomic E-state index is 11.7. The molecule has 0 aromatic heterocycles. The van der Waals surface area contributed by atoms with Gasteiger partial charge in [-0.3, -0.25) is 14.9 Å². The lowest BCUT2D eigenvalue weighted by molar-refractivity contribution is -0.148. The summed E-state index contributed by atoms with van der Waals surface area (Å²) in [4.78, 5) is 34.6. The molecule has 8 nitrogen and oxygen atoms in total. The number of aryl methyl sites for hydroxylation is 1. The van der Waals surface area contributed by atoms with Gasteiger partial charge in [0.15, 0.2) is 18.1 Å². The molecule has 3 amide bonds. The number of ether oxygens (including phenoxy) is 3. The first-order chi connectivity index (χ1) is 12.0. The van der Waals surface area contributed by atoms with E-state index in [2.05, 4.69) is 10.6 Å². The number of benzene rings is 1. The minimum Gasteiger partial charge on any atom is -0.493 e. The first-order valence-electron chi connectivity index (χ1n) is 7.98. The summed E-state index contributed by atoms with van der Waals surface area (Å²) >= 11 is 0. The summed E-state index contributed by atoms with van der Waals surface area (Å²) in [5, 5.41) is 4.72. The van der Waals surface area contributed by atoms with Gasteiger partial charge in [-0.1, -0.05) is 6.07 Å². The lowest BCUT2D eigenvalue weighted by atomic mass is 10.1. The Morgan fingerprint density at radius 1 is 1.12 bits per heavy atom. The van der Waals surface area contributed by atoms with Gasteiger partial charge in [0, 0.05) is 12.5 Å². The van der Waals surface area contributed by atoms with Crippen LogP contribution < -0.4 is 20.1 Å². The average Bonchev–Trinajstić information content (AvgIpc) is 3.41. The molecular weight excluding hydrogens is 328 g/mol. The Hall–Kier alpha value is -2.77. The molecule has 1 aliphatic rings. The number of carbonyl (C=O) groups is 3. The number of methoxy groups -OCH3 is 2. The summed E-state index contributed by atoms with van der Waals surface area (Å²) < 4.78 is 15.2. The van der Waals surface area contributed by atoms with E-state index in [9.17, 15) is 14.4 Å². The zero-order valence-corrected chi connectivity index (χ0v) is 14.3. The summed E-state index contributed by atoms with van der Waals surface area (Å²) in [6, 6.07) is 4.95. The largest absolute Gasteiger partial charge is 0.493 e. The maximum Gasteiger partial charge on any atom is 0.321 e. The van der Waals surface area contributed by atoms with E-state index < -0.39 is 24.5 Å². The minimum atomic E-state index is -0.655. The third kappa shape index (κ3) is 6.33. The van der Waals surface area contributed by atoms with Crippen LogP contribution in [0.15, 0.2) is 18.2 Å². The van der Waals surface area contributed by atoms with E-state index in [4.69, 9.17) is 14.2 Å². The van der Waals surface area contributed by atoms with Crippen molar-refractivity contribution in [3.8, 4) is 11.5 Å². The molecule has 136 valence electrons. The SMILES string of the molecule is COc1ccc(CCC(=O)OCC(=O)NC(=O)NC2CC2)cc1OC. The number of nitrogens with one attached hydrogen (secondary N) is 2. The van der Waals surface area contributed by atoms with Crippen molar-refractivity contribution in [3.63, 3.8) is 0 Å². The zero-order chi connectivity index (χ0) is 18.2. The van der Waals surface area contributed by atoms with Crippen molar-refractivity contribution in [2.24, 2.45) is 0 Å². The van der Waals surface area contributed by atoms with Crippen LogP contribution in [0.1, 0.15) is 24.8 Å². The summed E-state index contributed by atoms with van der Waals surface area (Å²) in [5.74, 6) is 0.00884. The van der Waals surface area contributed by atoms with Gasteiger partial charge in [0.1, 0.15) is 0 Å².